The first-order chi connectivity index (χ1) is 20.9. The number of benzene rings is 3. The normalized spacial score (nSPS) is 14.2. The number of rotatable bonds is 8. The predicted octanol–water partition coefficient (Wildman–Crippen LogP) is 5.05. The van der Waals surface area contributed by atoms with Crippen molar-refractivity contribution < 1.29 is 19.5 Å². The maximum Gasteiger partial charge on any atom is 0.432 e. The van der Waals surface area contributed by atoms with E-state index in [0.717, 1.165) is 10.2 Å². The number of anilines is 4. The van der Waals surface area contributed by atoms with Crippen LogP contribution in [0, 0.1) is 0 Å². The predicted molar refractivity (Wildman–Crippen MR) is 169 cm³/mol. The third-order valence-corrected chi connectivity index (χ3v) is 7.58. The quantitative estimate of drug-likeness (QED) is 0.177. The Morgan fingerprint density at radius 3 is 2.34 bits per heavy atom. The van der Waals surface area contributed by atoms with Gasteiger partial charge in [-0.15, -0.1) is 5.10 Å². The van der Waals surface area contributed by atoms with Crippen LogP contribution in [0.4, 0.5) is 32.5 Å². The number of hydrogen-bond donors (Lipinski definition) is 5. The highest BCUT2D eigenvalue weighted by Crippen LogP contribution is 2.43. The highest BCUT2D eigenvalue weighted by atomic mass is 16.4. The van der Waals surface area contributed by atoms with E-state index in [1.807, 2.05) is 49.3 Å². The number of urea groups is 1. The molecule has 0 fully saturated rings. The molecule has 0 saturated heterocycles. The number of nitrogens with zero attached hydrogens (tertiary/aromatic N) is 4. The number of aromatic nitrogens is 2. The zero-order chi connectivity index (χ0) is 31.6. The lowest BCUT2D eigenvalue weighted by Gasteiger charge is -2.34. The van der Waals surface area contributed by atoms with Gasteiger partial charge < -0.3 is 36.6 Å². The summed E-state index contributed by atoms with van der Waals surface area (Å²) < 4.78 is 0.923. The minimum atomic E-state index is -1.26. The molecule has 6 N–H and O–H groups in total. The van der Waals surface area contributed by atoms with Crippen molar-refractivity contribution in [2.75, 3.05) is 37.0 Å². The molecule has 0 unspecified atom stereocenters. The molecule has 12 nitrogen and oxygen atoms in total. The molecule has 0 bridgehead atoms. The van der Waals surface area contributed by atoms with Crippen LogP contribution in [0.25, 0.3) is 0 Å². The first kappa shape index (κ1) is 30.1. The minimum absolute atomic E-state index is 0.140. The highest BCUT2D eigenvalue weighted by Gasteiger charge is 2.47. The van der Waals surface area contributed by atoms with E-state index >= 15 is 0 Å². The second kappa shape index (κ2) is 12.1. The second-order valence-electron chi connectivity index (χ2n) is 11.5. The number of hydrogen-bond acceptors (Lipinski definition) is 7. The fourth-order valence-electron chi connectivity index (χ4n) is 5.44. The van der Waals surface area contributed by atoms with E-state index < -0.39 is 11.6 Å². The summed E-state index contributed by atoms with van der Waals surface area (Å²) in [6, 6.07) is 22.7. The van der Waals surface area contributed by atoms with Crippen LogP contribution in [0.15, 0.2) is 78.9 Å². The molecule has 3 amide bonds. The van der Waals surface area contributed by atoms with Crippen LogP contribution in [0.3, 0.4) is 0 Å². The van der Waals surface area contributed by atoms with Gasteiger partial charge in [-0.3, -0.25) is 4.79 Å². The molecule has 1 aliphatic heterocycles. The SMILES string of the molecule is CN(C)C[C@@H](NC(=O)N1Cc2c(Nc3cccc(NC(=O)c4ccc(N)cc4)c3)nn(C(=O)O)c2C1(C)C)c1ccccc1. The van der Waals surface area contributed by atoms with Crippen LogP contribution >= 0.6 is 0 Å². The van der Waals surface area contributed by atoms with E-state index in [9.17, 15) is 19.5 Å². The lowest BCUT2D eigenvalue weighted by molar-refractivity contribution is 0.102. The van der Waals surface area contributed by atoms with Crippen molar-refractivity contribution in [3.63, 3.8) is 0 Å². The standard InChI is InChI=1S/C32H36N8O4/c1-32(2)27-25(18-39(32)30(42)36-26(19-38(3)4)20-9-6-5-7-10-20)28(37-40(27)31(43)44)34-23-11-8-12-24(17-23)35-29(41)21-13-15-22(33)16-14-21/h5-17,26H,18-19,33H2,1-4H3,(H,34,37)(H,35,41)(H,36,42)(H,43,44)/t26-/m1/s1. The Balaban J connectivity index is 1.39. The molecular formula is C32H36N8O4. The van der Waals surface area contributed by atoms with Gasteiger partial charge in [0.1, 0.15) is 0 Å². The molecule has 44 heavy (non-hydrogen) atoms. The Bertz CT molecular complexity index is 1680. The zero-order valence-electron chi connectivity index (χ0n) is 25.0. The number of carboxylic acid groups (broad SMARTS) is 1. The van der Waals surface area contributed by atoms with Crippen molar-refractivity contribution in [1.82, 2.24) is 24.9 Å². The molecule has 4 aromatic rings. The van der Waals surface area contributed by atoms with Crippen LogP contribution in [-0.4, -0.2) is 63.4 Å². The van der Waals surface area contributed by atoms with Crippen molar-refractivity contribution in [2.45, 2.75) is 32.0 Å². The number of carbonyl (C=O) groups excluding carboxylic acids is 2. The number of nitrogens with two attached hydrogens (primary N) is 1. The number of nitrogen functional groups attached to an aromatic ring is 1. The smallest absolute Gasteiger partial charge is 0.432 e. The third kappa shape index (κ3) is 6.20. The van der Waals surface area contributed by atoms with Crippen molar-refractivity contribution in [3.8, 4) is 0 Å². The van der Waals surface area contributed by atoms with Crippen LogP contribution < -0.4 is 21.7 Å². The molecule has 1 atom stereocenters. The van der Waals surface area contributed by atoms with Gasteiger partial charge in [-0.05, 0) is 76.0 Å². The van der Waals surface area contributed by atoms with Crippen molar-refractivity contribution in [3.05, 3.63) is 101 Å². The number of nitrogens with one attached hydrogen (secondary N) is 3. The summed E-state index contributed by atoms with van der Waals surface area (Å²) >= 11 is 0. The molecule has 1 aliphatic rings. The van der Waals surface area contributed by atoms with Gasteiger partial charge in [0.25, 0.3) is 5.91 Å². The summed E-state index contributed by atoms with van der Waals surface area (Å²) in [6.45, 7) is 4.33. The molecule has 2 heterocycles. The fourth-order valence-corrected chi connectivity index (χ4v) is 5.44. The van der Waals surface area contributed by atoms with Gasteiger partial charge in [-0.25, -0.2) is 9.59 Å². The largest absolute Gasteiger partial charge is 0.463 e. The Morgan fingerprint density at radius 1 is 1.00 bits per heavy atom. The van der Waals surface area contributed by atoms with Crippen molar-refractivity contribution in [1.29, 1.82) is 0 Å². The van der Waals surface area contributed by atoms with E-state index in [2.05, 4.69) is 21.0 Å². The van der Waals surface area contributed by atoms with E-state index in [-0.39, 0.29) is 24.5 Å². The summed E-state index contributed by atoms with van der Waals surface area (Å²) in [4.78, 5) is 42.4. The van der Waals surface area contributed by atoms with Gasteiger partial charge in [0.05, 0.1) is 23.8 Å². The van der Waals surface area contributed by atoms with E-state index in [4.69, 9.17) is 5.73 Å². The summed E-state index contributed by atoms with van der Waals surface area (Å²) in [5.74, 6) is 0.00496. The molecule has 1 aromatic heterocycles. The summed E-state index contributed by atoms with van der Waals surface area (Å²) in [5.41, 5.74) is 8.82. The van der Waals surface area contributed by atoms with Gasteiger partial charge in [-0.2, -0.15) is 4.68 Å². The summed E-state index contributed by atoms with van der Waals surface area (Å²) in [7, 11) is 3.88. The van der Waals surface area contributed by atoms with Crippen LogP contribution in [0.5, 0.6) is 0 Å². The monoisotopic (exact) mass is 596 g/mol. The van der Waals surface area contributed by atoms with Gasteiger partial charge >= 0.3 is 12.1 Å². The fraction of sp³-hybridized carbons (Fsp3) is 0.250. The maximum atomic E-state index is 13.8. The van der Waals surface area contributed by atoms with Gasteiger partial charge in [0.2, 0.25) is 0 Å². The molecule has 0 saturated carbocycles. The van der Waals surface area contributed by atoms with Crippen molar-refractivity contribution >= 4 is 40.9 Å². The molecule has 0 radical (unpaired) electrons. The van der Waals surface area contributed by atoms with Crippen LogP contribution in [0.2, 0.25) is 0 Å². The average molecular weight is 597 g/mol. The van der Waals surface area contributed by atoms with Crippen LogP contribution in [0.1, 0.15) is 47.1 Å². The molecule has 12 heteroatoms. The van der Waals surface area contributed by atoms with E-state index in [0.29, 0.717) is 46.2 Å². The Kier molecular flexibility index (Phi) is 8.28. The topological polar surface area (TPSA) is 158 Å². The lowest BCUT2D eigenvalue weighted by atomic mass is 10.0. The van der Waals surface area contributed by atoms with Gasteiger partial charge in [0.15, 0.2) is 5.82 Å². The average Bonchev–Trinajstić information content (AvgIpc) is 3.48. The molecular weight excluding hydrogens is 560 g/mol. The zero-order valence-corrected chi connectivity index (χ0v) is 25.0. The molecule has 5 rings (SSSR count). The van der Waals surface area contributed by atoms with Gasteiger partial charge in [-0.1, -0.05) is 36.4 Å². The Labute approximate surface area is 255 Å². The first-order valence-corrected chi connectivity index (χ1v) is 14.1. The number of amides is 3. The molecule has 3 aromatic carbocycles. The molecule has 0 aliphatic carbocycles. The highest BCUT2D eigenvalue weighted by molar-refractivity contribution is 6.04. The number of fused-ring (bicyclic) bond motifs is 1. The van der Waals surface area contributed by atoms with Gasteiger partial charge in [0, 0.05) is 34.7 Å². The maximum absolute atomic E-state index is 13.8. The van der Waals surface area contributed by atoms with Crippen molar-refractivity contribution in [2.24, 2.45) is 0 Å². The molecule has 228 valence electrons. The Morgan fingerprint density at radius 2 is 1.68 bits per heavy atom. The first-order valence-electron chi connectivity index (χ1n) is 14.1. The number of carbonyl (C=O) groups is 3. The summed E-state index contributed by atoms with van der Waals surface area (Å²) in [6.07, 6.45) is -1.26. The third-order valence-electron chi connectivity index (χ3n) is 7.58. The minimum Gasteiger partial charge on any atom is -0.463 e. The van der Waals surface area contributed by atoms with E-state index in [1.165, 1.54) is 0 Å². The number of likely N-dealkylation sites (N-methyl/N-ethyl adjacent to an activating group) is 1. The van der Waals surface area contributed by atoms with E-state index in [1.54, 1.807) is 67.3 Å². The Hall–Kier alpha value is -5.36. The second-order valence-corrected chi connectivity index (χ2v) is 11.5. The molecule has 0 spiro atoms. The van der Waals surface area contributed by atoms with Crippen LogP contribution in [-0.2, 0) is 12.1 Å². The lowest BCUT2D eigenvalue weighted by Crippen LogP contribution is -2.49. The summed E-state index contributed by atoms with van der Waals surface area (Å²) in [5, 5.41) is 23.6.